The zero-order valence-electron chi connectivity index (χ0n) is 14.5. The van der Waals surface area contributed by atoms with Gasteiger partial charge in [-0.2, -0.15) is 0 Å². The number of halogens is 1. The third-order valence-corrected chi connectivity index (χ3v) is 5.12. The molecule has 2 aromatic heterocycles. The predicted octanol–water partition coefficient (Wildman–Crippen LogP) is 2.82. The fraction of sp³-hybridized carbons (Fsp3) is 0.500. The lowest BCUT2D eigenvalue weighted by molar-refractivity contribution is 0.0524. The fourth-order valence-corrected chi connectivity index (χ4v) is 3.82. The minimum atomic E-state index is -0.582. The van der Waals surface area contributed by atoms with E-state index in [0.29, 0.717) is 28.1 Å². The average Bonchev–Trinajstić information content (AvgIpc) is 3.04. The van der Waals surface area contributed by atoms with Crippen LogP contribution in [0.5, 0.6) is 0 Å². The Morgan fingerprint density at radius 1 is 1.44 bits per heavy atom. The minimum absolute atomic E-state index is 0.0651. The van der Waals surface area contributed by atoms with E-state index >= 15 is 0 Å². The molecular weight excluding hydrogens is 386 g/mol. The molecule has 0 aromatic carbocycles. The molecule has 7 heteroatoms. The van der Waals surface area contributed by atoms with E-state index in [2.05, 4.69) is 32.7 Å². The van der Waals surface area contributed by atoms with Crippen LogP contribution in [-0.4, -0.2) is 46.2 Å². The van der Waals surface area contributed by atoms with Crippen LogP contribution < -0.4 is 5.43 Å². The minimum Gasteiger partial charge on any atom is -0.462 e. The Morgan fingerprint density at radius 3 is 2.96 bits per heavy atom. The van der Waals surface area contributed by atoms with Crippen LogP contribution in [-0.2, 0) is 11.3 Å². The Morgan fingerprint density at radius 2 is 2.24 bits per heavy atom. The van der Waals surface area contributed by atoms with E-state index in [1.165, 1.54) is 6.42 Å². The maximum absolute atomic E-state index is 12.7. The van der Waals surface area contributed by atoms with E-state index in [9.17, 15) is 9.59 Å². The Labute approximate surface area is 154 Å². The van der Waals surface area contributed by atoms with Gasteiger partial charge in [-0.3, -0.25) is 9.69 Å². The van der Waals surface area contributed by atoms with Crippen LogP contribution in [0.1, 0.15) is 37.0 Å². The van der Waals surface area contributed by atoms with Crippen LogP contribution in [0, 0.1) is 0 Å². The lowest BCUT2D eigenvalue weighted by Crippen LogP contribution is -2.33. The Kier molecular flexibility index (Phi) is 5.54. The van der Waals surface area contributed by atoms with Gasteiger partial charge in [0.25, 0.3) is 0 Å². The number of carbonyl (C=O) groups excluding carboxylic acids is 1. The summed E-state index contributed by atoms with van der Waals surface area (Å²) >= 11 is 3.36. The summed E-state index contributed by atoms with van der Waals surface area (Å²) in [6.07, 6.45) is 5.55. The number of esters is 1. The zero-order valence-corrected chi connectivity index (χ0v) is 16.1. The van der Waals surface area contributed by atoms with Crippen molar-refractivity contribution in [1.29, 1.82) is 0 Å². The second-order valence-corrected chi connectivity index (χ2v) is 7.11. The molecule has 0 spiro atoms. The van der Waals surface area contributed by atoms with Crippen LogP contribution in [0.25, 0.3) is 11.0 Å². The molecule has 0 saturated carbocycles. The van der Waals surface area contributed by atoms with Gasteiger partial charge in [0.15, 0.2) is 0 Å². The van der Waals surface area contributed by atoms with Crippen LogP contribution >= 0.6 is 15.9 Å². The van der Waals surface area contributed by atoms with Gasteiger partial charge in [-0.15, -0.1) is 0 Å². The van der Waals surface area contributed by atoms with E-state index in [4.69, 9.17) is 4.74 Å². The molecule has 0 N–H and O–H groups in total. The van der Waals surface area contributed by atoms with Gasteiger partial charge in [-0.25, -0.2) is 9.78 Å². The molecule has 0 radical (unpaired) electrons. The van der Waals surface area contributed by atoms with Gasteiger partial charge in [0.05, 0.1) is 12.0 Å². The summed E-state index contributed by atoms with van der Waals surface area (Å²) in [7, 11) is 0. The largest absolute Gasteiger partial charge is 0.462 e. The summed E-state index contributed by atoms with van der Waals surface area (Å²) in [6, 6.07) is 2.10. The quantitative estimate of drug-likeness (QED) is 0.712. The Balaban J connectivity index is 2.11. The maximum atomic E-state index is 12.7. The maximum Gasteiger partial charge on any atom is 0.343 e. The molecule has 1 aliphatic heterocycles. The van der Waals surface area contributed by atoms with Crippen molar-refractivity contribution in [2.75, 3.05) is 19.7 Å². The number of aromatic nitrogens is 2. The molecule has 1 saturated heterocycles. The highest BCUT2D eigenvalue weighted by molar-refractivity contribution is 9.10. The highest BCUT2D eigenvalue weighted by Crippen LogP contribution is 2.21. The van der Waals surface area contributed by atoms with Crippen LogP contribution in [0.2, 0.25) is 0 Å². The lowest BCUT2D eigenvalue weighted by atomic mass is 10.1. The second-order valence-electron chi connectivity index (χ2n) is 6.19. The zero-order chi connectivity index (χ0) is 18.0. The normalized spacial score (nSPS) is 18.0. The van der Waals surface area contributed by atoms with Crippen molar-refractivity contribution in [3.05, 3.63) is 38.7 Å². The van der Waals surface area contributed by atoms with Crippen molar-refractivity contribution < 1.29 is 9.53 Å². The SMILES string of the molecule is CCOC(=O)c1cn(C[C@@H]2CCCN2CC)c2ncc(Br)cc2c1=O. The van der Waals surface area contributed by atoms with Crippen molar-refractivity contribution in [1.82, 2.24) is 14.5 Å². The number of nitrogens with zero attached hydrogens (tertiary/aromatic N) is 3. The second kappa shape index (κ2) is 7.66. The summed E-state index contributed by atoms with van der Waals surface area (Å²) in [5.41, 5.74) is 0.330. The lowest BCUT2D eigenvalue weighted by Gasteiger charge is -2.24. The smallest absolute Gasteiger partial charge is 0.343 e. The topological polar surface area (TPSA) is 64.4 Å². The summed E-state index contributed by atoms with van der Waals surface area (Å²) in [5.74, 6) is -0.582. The number of pyridine rings is 2. The third kappa shape index (κ3) is 3.62. The first-order valence-electron chi connectivity index (χ1n) is 8.65. The summed E-state index contributed by atoms with van der Waals surface area (Å²) in [6.45, 7) is 6.90. The Hall–Kier alpha value is -1.73. The van der Waals surface area contributed by atoms with Gasteiger partial charge in [0.2, 0.25) is 5.43 Å². The van der Waals surface area contributed by atoms with Crippen molar-refractivity contribution in [2.45, 2.75) is 39.3 Å². The number of likely N-dealkylation sites (tertiary alicyclic amines) is 1. The molecule has 0 aliphatic carbocycles. The molecule has 1 fully saturated rings. The molecular formula is C18H22BrN3O3. The van der Waals surface area contributed by atoms with Crippen LogP contribution in [0.15, 0.2) is 27.7 Å². The van der Waals surface area contributed by atoms with E-state index < -0.39 is 5.97 Å². The van der Waals surface area contributed by atoms with Crippen molar-refractivity contribution in [2.24, 2.45) is 0 Å². The standard InChI is InChI=1S/C18H22BrN3O3/c1-3-21-7-5-6-13(21)10-22-11-15(18(24)25-4-2)16(23)14-8-12(19)9-20-17(14)22/h8-9,11,13H,3-7,10H2,1-2H3/t13-/m0/s1. The van der Waals surface area contributed by atoms with Crippen LogP contribution in [0.3, 0.4) is 0 Å². The van der Waals surface area contributed by atoms with Crippen molar-refractivity contribution in [3.63, 3.8) is 0 Å². The van der Waals surface area contributed by atoms with Gasteiger partial charge >= 0.3 is 5.97 Å². The summed E-state index contributed by atoms with van der Waals surface area (Å²) < 4.78 is 7.69. The number of hydrogen-bond acceptors (Lipinski definition) is 5. The molecule has 6 nitrogen and oxygen atoms in total. The first-order chi connectivity index (χ1) is 12.0. The predicted molar refractivity (Wildman–Crippen MR) is 99.9 cm³/mol. The van der Waals surface area contributed by atoms with E-state index in [1.54, 1.807) is 25.4 Å². The first-order valence-corrected chi connectivity index (χ1v) is 9.44. The monoisotopic (exact) mass is 407 g/mol. The Bertz CT molecular complexity index is 849. The number of fused-ring (bicyclic) bond motifs is 1. The molecule has 0 bridgehead atoms. The highest BCUT2D eigenvalue weighted by Gasteiger charge is 2.25. The third-order valence-electron chi connectivity index (χ3n) is 4.69. The summed E-state index contributed by atoms with van der Waals surface area (Å²) in [4.78, 5) is 31.8. The number of hydrogen-bond donors (Lipinski definition) is 0. The van der Waals surface area contributed by atoms with Gasteiger partial charge < -0.3 is 9.30 Å². The van der Waals surface area contributed by atoms with Gasteiger partial charge in [0, 0.05) is 29.5 Å². The first kappa shape index (κ1) is 18.1. The molecule has 134 valence electrons. The molecule has 3 rings (SSSR count). The molecule has 2 aromatic rings. The van der Waals surface area contributed by atoms with Gasteiger partial charge in [0.1, 0.15) is 11.2 Å². The van der Waals surface area contributed by atoms with E-state index in [-0.39, 0.29) is 17.6 Å². The fourth-order valence-electron chi connectivity index (χ4n) is 3.49. The molecule has 1 aliphatic rings. The van der Waals surface area contributed by atoms with Gasteiger partial charge in [-0.05, 0) is 54.9 Å². The molecule has 0 unspecified atom stereocenters. The number of rotatable bonds is 5. The molecule has 1 atom stereocenters. The van der Waals surface area contributed by atoms with Crippen LogP contribution in [0.4, 0.5) is 0 Å². The highest BCUT2D eigenvalue weighted by atomic mass is 79.9. The van der Waals surface area contributed by atoms with E-state index in [0.717, 1.165) is 19.5 Å². The van der Waals surface area contributed by atoms with Crippen molar-refractivity contribution >= 4 is 32.9 Å². The average molecular weight is 408 g/mol. The van der Waals surface area contributed by atoms with Gasteiger partial charge in [-0.1, -0.05) is 6.92 Å². The number of likely N-dealkylation sites (N-methyl/N-ethyl adjacent to an activating group) is 1. The number of carbonyl (C=O) groups is 1. The van der Waals surface area contributed by atoms with E-state index in [1.807, 2.05) is 4.57 Å². The number of ether oxygens (including phenoxy) is 1. The molecule has 3 heterocycles. The molecule has 0 amide bonds. The molecule has 25 heavy (non-hydrogen) atoms. The van der Waals surface area contributed by atoms with Crippen molar-refractivity contribution in [3.8, 4) is 0 Å². The summed E-state index contributed by atoms with van der Waals surface area (Å²) in [5, 5.41) is 0.431.